The van der Waals surface area contributed by atoms with Crippen molar-refractivity contribution in [1.82, 2.24) is 5.32 Å². The molecular formula is C13H19NO. The Morgan fingerprint density at radius 3 is 2.53 bits per heavy atom. The summed E-state index contributed by atoms with van der Waals surface area (Å²) in [7, 11) is 0. The first-order valence-electron chi connectivity index (χ1n) is 5.74. The van der Waals surface area contributed by atoms with Gasteiger partial charge in [-0.15, -0.1) is 0 Å². The summed E-state index contributed by atoms with van der Waals surface area (Å²) in [5.74, 6) is 0.770. The molecule has 1 aromatic carbocycles. The lowest BCUT2D eigenvalue weighted by molar-refractivity contribution is 0.184. The van der Waals surface area contributed by atoms with Crippen LogP contribution in [0.15, 0.2) is 30.3 Å². The van der Waals surface area contributed by atoms with Gasteiger partial charge in [-0.2, -0.15) is 0 Å². The van der Waals surface area contributed by atoms with E-state index in [-0.39, 0.29) is 6.10 Å². The summed E-state index contributed by atoms with van der Waals surface area (Å²) in [5, 5.41) is 12.7. The fourth-order valence-electron chi connectivity index (χ4n) is 1.94. The molecule has 1 fully saturated rings. The van der Waals surface area contributed by atoms with Crippen LogP contribution in [0.3, 0.4) is 0 Å². The highest BCUT2D eigenvalue weighted by Crippen LogP contribution is 2.40. The van der Waals surface area contributed by atoms with Gasteiger partial charge in [0.2, 0.25) is 0 Å². The number of aliphatic hydroxyl groups is 1. The first-order valence-corrected chi connectivity index (χ1v) is 5.74. The molecular weight excluding hydrogens is 186 g/mol. The zero-order valence-corrected chi connectivity index (χ0v) is 9.19. The highest BCUT2D eigenvalue weighted by atomic mass is 16.3. The molecule has 2 nitrogen and oxygen atoms in total. The predicted molar refractivity (Wildman–Crippen MR) is 61.6 cm³/mol. The molecule has 1 saturated carbocycles. The van der Waals surface area contributed by atoms with E-state index in [1.54, 1.807) is 0 Å². The number of nitrogens with one attached hydrogen (secondary N) is 1. The second kappa shape index (κ2) is 4.77. The molecule has 0 saturated heterocycles. The minimum Gasteiger partial charge on any atom is -0.392 e. The Kier molecular flexibility index (Phi) is 3.39. The number of hydrogen-bond acceptors (Lipinski definition) is 2. The summed E-state index contributed by atoms with van der Waals surface area (Å²) >= 11 is 0. The maximum Gasteiger partial charge on any atom is 0.0636 e. The summed E-state index contributed by atoms with van der Waals surface area (Å²) in [6, 6.07) is 11.0. The van der Waals surface area contributed by atoms with Gasteiger partial charge in [-0.05, 0) is 31.2 Å². The standard InChI is InChI=1S/C13H19NO/c1-10(15)9-14-13(12-7-8-12)11-5-3-2-4-6-11/h2-6,10,12-15H,7-9H2,1H3/t10-,13+/m0/s1. The first kappa shape index (κ1) is 10.7. The van der Waals surface area contributed by atoms with Crippen molar-refractivity contribution in [3.05, 3.63) is 35.9 Å². The van der Waals surface area contributed by atoms with Gasteiger partial charge in [0.25, 0.3) is 0 Å². The van der Waals surface area contributed by atoms with E-state index in [1.165, 1.54) is 18.4 Å². The molecule has 15 heavy (non-hydrogen) atoms. The fourth-order valence-corrected chi connectivity index (χ4v) is 1.94. The number of benzene rings is 1. The van der Waals surface area contributed by atoms with Crippen molar-refractivity contribution in [2.45, 2.75) is 31.9 Å². The van der Waals surface area contributed by atoms with Gasteiger partial charge in [-0.25, -0.2) is 0 Å². The van der Waals surface area contributed by atoms with E-state index in [0.717, 1.165) is 5.92 Å². The van der Waals surface area contributed by atoms with E-state index in [4.69, 9.17) is 0 Å². The van der Waals surface area contributed by atoms with Gasteiger partial charge in [0.05, 0.1) is 6.10 Å². The number of rotatable bonds is 5. The van der Waals surface area contributed by atoms with Gasteiger partial charge in [0, 0.05) is 12.6 Å². The van der Waals surface area contributed by atoms with Gasteiger partial charge in [0.1, 0.15) is 0 Å². The summed E-state index contributed by atoms with van der Waals surface area (Å²) in [4.78, 5) is 0. The minimum absolute atomic E-state index is 0.269. The molecule has 0 bridgehead atoms. The molecule has 2 N–H and O–H groups in total. The summed E-state index contributed by atoms with van der Waals surface area (Å²) in [5.41, 5.74) is 1.35. The summed E-state index contributed by atoms with van der Waals surface area (Å²) in [6.45, 7) is 2.50. The molecule has 1 aliphatic rings. The zero-order chi connectivity index (χ0) is 10.7. The predicted octanol–water partition coefficient (Wildman–Crippen LogP) is 2.11. The molecule has 0 aromatic heterocycles. The normalized spacial score (nSPS) is 19.9. The highest BCUT2D eigenvalue weighted by molar-refractivity contribution is 5.21. The zero-order valence-electron chi connectivity index (χ0n) is 9.19. The monoisotopic (exact) mass is 205 g/mol. The van der Waals surface area contributed by atoms with Gasteiger partial charge in [-0.3, -0.25) is 0 Å². The van der Waals surface area contributed by atoms with Crippen LogP contribution in [-0.2, 0) is 0 Å². The Morgan fingerprint density at radius 1 is 1.33 bits per heavy atom. The summed E-state index contributed by atoms with van der Waals surface area (Å²) < 4.78 is 0. The van der Waals surface area contributed by atoms with E-state index in [1.807, 2.05) is 13.0 Å². The maximum atomic E-state index is 9.29. The van der Waals surface area contributed by atoms with Crippen molar-refractivity contribution >= 4 is 0 Å². The molecule has 2 atom stereocenters. The SMILES string of the molecule is C[C@H](O)CN[C@H](c1ccccc1)C1CC1. The van der Waals surface area contributed by atoms with Crippen LogP contribution in [0.4, 0.5) is 0 Å². The highest BCUT2D eigenvalue weighted by Gasteiger charge is 2.31. The first-order chi connectivity index (χ1) is 7.27. The van der Waals surface area contributed by atoms with Gasteiger partial charge in [-0.1, -0.05) is 30.3 Å². The average Bonchev–Trinajstić information content (AvgIpc) is 3.03. The van der Waals surface area contributed by atoms with Crippen LogP contribution in [0, 0.1) is 5.92 Å². The summed E-state index contributed by atoms with van der Waals surface area (Å²) in [6.07, 6.45) is 2.36. The Morgan fingerprint density at radius 2 is 2.00 bits per heavy atom. The molecule has 2 rings (SSSR count). The van der Waals surface area contributed by atoms with E-state index in [0.29, 0.717) is 12.6 Å². The van der Waals surface area contributed by atoms with Crippen LogP contribution in [0.25, 0.3) is 0 Å². The third-order valence-corrected chi connectivity index (χ3v) is 2.89. The second-order valence-corrected chi connectivity index (χ2v) is 4.48. The fraction of sp³-hybridized carbons (Fsp3) is 0.538. The number of hydrogen-bond donors (Lipinski definition) is 2. The molecule has 82 valence electrons. The van der Waals surface area contributed by atoms with Crippen molar-refractivity contribution in [2.24, 2.45) is 5.92 Å². The Hall–Kier alpha value is -0.860. The third-order valence-electron chi connectivity index (χ3n) is 2.89. The Balaban J connectivity index is 2.00. The van der Waals surface area contributed by atoms with E-state index in [9.17, 15) is 5.11 Å². The van der Waals surface area contributed by atoms with Gasteiger partial charge < -0.3 is 10.4 Å². The van der Waals surface area contributed by atoms with E-state index >= 15 is 0 Å². The largest absolute Gasteiger partial charge is 0.392 e. The van der Waals surface area contributed by atoms with Crippen LogP contribution >= 0.6 is 0 Å². The van der Waals surface area contributed by atoms with Crippen LogP contribution in [-0.4, -0.2) is 17.8 Å². The lowest BCUT2D eigenvalue weighted by Gasteiger charge is -2.19. The van der Waals surface area contributed by atoms with Crippen molar-refractivity contribution in [2.75, 3.05) is 6.54 Å². The molecule has 0 radical (unpaired) electrons. The topological polar surface area (TPSA) is 32.3 Å². The van der Waals surface area contributed by atoms with E-state index < -0.39 is 0 Å². The van der Waals surface area contributed by atoms with Crippen LogP contribution < -0.4 is 5.32 Å². The average molecular weight is 205 g/mol. The van der Waals surface area contributed by atoms with Crippen molar-refractivity contribution in [3.63, 3.8) is 0 Å². The molecule has 0 amide bonds. The van der Waals surface area contributed by atoms with E-state index in [2.05, 4.69) is 29.6 Å². The molecule has 2 heteroatoms. The van der Waals surface area contributed by atoms with Gasteiger partial charge in [0.15, 0.2) is 0 Å². The minimum atomic E-state index is -0.269. The van der Waals surface area contributed by atoms with Crippen LogP contribution in [0.1, 0.15) is 31.4 Å². The molecule has 0 aliphatic heterocycles. The number of aliphatic hydroxyl groups excluding tert-OH is 1. The lowest BCUT2D eigenvalue weighted by Crippen LogP contribution is -2.29. The molecule has 1 aromatic rings. The second-order valence-electron chi connectivity index (χ2n) is 4.48. The molecule has 1 aliphatic carbocycles. The van der Waals surface area contributed by atoms with Gasteiger partial charge >= 0.3 is 0 Å². The Bertz CT molecular complexity index is 293. The smallest absolute Gasteiger partial charge is 0.0636 e. The van der Waals surface area contributed by atoms with Crippen molar-refractivity contribution < 1.29 is 5.11 Å². The lowest BCUT2D eigenvalue weighted by atomic mass is 10.0. The molecule has 0 spiro atoms. The Labute approximate surface area is 91.3 Å². The van der Waals surface area contributed by atoms with Crippen LogP contribution in [0.5, 0.6) is 0 Å². The van der Waals surface area contributed by atoms with Crippen LogP contribution in [0.2, 0.25) is 0 Å². The van der Waals surface area contributed by atoms with Crippen molar-refractivity contribution in [3.8, 4) is 0 Å². The third kappa shape index (κ3) is 3.05. The van der Waals surface area contributed by atoms with Crippen molar-refractivity contribution in [1.29, 1.82) is 0 Å². The molecule has 0 unspecified atom stereocenters. The molecule has 0 heterocycles. The maximum absolute atomic E-state index is 9.29. The quantitative estimate of drug-likeness (QED) is 0.771.